The van der Waals surface area contributed by atoms with Crippen molar-refractivity contribution in [2.45, 2.75) is 57.5 Å². The number of hydrogen-bond donors (Lipinski definition) is 3. The van der Waals surface area contributed by atoms with Crippen LogP contribution < -0.4 is 10.6 Å². The van der Waals surface area contributed by atoms with Crippen LogP contribution in [0.3, 0.4) is 0 Å². The summed E-state index contributed by atoms with van der Waals surface area (Å²) in [6.45, 7) is 5.34. The molecule has 170 valence electrons. The molecule has 3 rings (SSSR count). The summed E-state index contributed by atoms with van der Waals surface area (Å²) in [5.74, 6) is -1.49. The molecule has 0 saturated heterocycles. The molecule has 2 aromatic rings. The van der Waals surface area contributed by atoms with Crippen LogP contribution in [-0.4, -0.2) is 41.3 Å². The Morgan fingerprint density at radius 2 is 1.59 bits per heavy atom. The summed E-state index contributed by atoms with van der Waals surface area (Å²) in [6.07, 6.45) is -0.0555. The highest BCUT2D eigenvalue weighted by Gasteiger charge is 2.36. The van der Waals surface area contributed by atoms with Crippen molar-refractivity contribution in [2.24, 2.45) is 0 Å². The number of nitrogens with one attached hydrogen (secondary N) is 2. The number of carboxylic acid groups (broad SMARTS) is 1. The van der Waals surface area contributed by atoms with Gasteiger partial charge in [-0.2, -0.15) is 0 Å². The lowest BCUT2D eigenvalue weighted by atomic mass is 9.96. The van der Waals surface area contributed by atoms with E-state index in [2.05, 4.69) is 22.8 Å². The molecule has 0 aliphatic heterocycles. The Kier molecular flexibility index (Phi) is 7.18. The van der Waals surface area contributed by atoms with E-state index >= 15 is 0 Å². The highest BCUT2D eigenvalue weighted by molar-refractivity contribution is 5.90. The number of aliphatic carboxylic acids is 1. The van der Waals surface area contributed by atoms with Crippen molar-refractivity contribution < 1.29 is 24.2 Å². The highest BCUT2D eigenvalue weighted by Crippen LogP contribution is 2.44. The van der Waals surface area contributed by atoms with E-state index in [0.717, 1.165) is 22.3 Å². The first-order chi connectivity index (χ1) is 15.3. The Bertz CT molecular complexity index is 960. The number of fused-ring (bicyclic) bond motifs is 3. The van der Waals surface area contributed by atoms with Crippen molar-refractivity contribution in [3.05, 3.63) is 59.7 Å². The van der Waals surface area contributed by atoms with Crippen molar-refractivity contribution in [2.75, 3.05) is 6.61 Å². The molecule has 3 N–H and O–H groups in total. The highest BCUT2D eigenvalue weighted by atomic mass is 16.5. The molecule has 0 fully saturated rings. The summed E-state index contributed by atoms with van der Waals surface area (Å²) >= 11 is 0. The Balaban J connectivity index is 1.66. The van der Waals surface area contributed by atoms with Gasteiger partial charge in [0, 0.05) is 12.0 Å². The summed E-state index contributed by atoms with van der Waals surface area (Å²) in [4.78, 5) is 36.4. The number of alkyl carbamates (subject to hydrolysis) is 1. The first-order valence-corrected chi connectivity index (χ1v) is 10.9. The minimum absolute atomic E-state index is 0.0742. The number of benzene rings is 2. The Labute approximate surface area is 188 Å². The SMILES string of the molecule is CC[C@@H](CC(=O)O)NC(=O)C(C)(CC)NC(=O)OCC1c2ccccc2-c2ccccc21. The lowest BCUT2D eigenvalue weighted by Crippen LogP contribution is -2.58. The quantitative estimate of drug-likeness (QED) is 0.548. The van der Waals surface area contributed by atoms with Crippen LogP contribution in [0.5, 0.6) is 0 Å². The van der Waals surface area contributed by atoms with E-state index in [9.17, 15) is 14.4 Å². The van der Waals surface area contributed by atoms with Crippen molar-refractivity contribution in [1.29, 1.82) is 0 Å². The number of carboxylic acids is 1. The van der Waals surface area contributed by atoms with E-state index in [1.165, 1.54) is 0 Å². The molecule has 1 unspecified atom stereocenters. The third-order valence-corrected chi connectivity index (χ3v) is 6.18. The second-order valence-electron chi connectivity index (χ2n) is 8.31. The molecule has 0 radical (unpaired) electrons. The second kappa shape index (κ2) is 9.85. The zero-order chi connectivity index (χ0) is 23.3. The molecular weight excluding hydrogens is 408 g/mol. The third-order valence-electron chi connectivity index (χ3n) is 6.18. The predicted octanol–water partition coefficient (Wildman–Crippen LogP) is 4.06. The lowest BCUT2D eigenvalue weighted by molar-refractivity contribution is -0.138. The van der Waals surface area contributed by atoms with Crippen LogP contribution in [0.15, 0.2) is 48.5 Å². The third kappa shape index (κ3) is 4.93. The first-order valence-electron chi connectivity index (χ1n) is 10.9. The number of ether oxygens (including phenoxy) is 1. The molecule has 0 bridgehead atoms. The summed E-state index contributed by atoms with van der Waals surface area (Å²) < 4.78 is 5.56. The van der Waals surface area contributed by atoms with E-state index < -0.39 is 29.6 Å². The summed E-state index contributed by atoms with van der Waals surface area (Å²) in [6, 6.07) is 15.6. The maximum absolute atomic E-state index is 12.8. The topological polar surface area (TPSA) is 105 Å². The van der Waals surface area contributed by atoms with Crippen LogP contribution in [0.25, 0.3) is 11.1 Å². The zero-order valence-electron chi connectivity index (χ0n) is 18.7. The molecule has 7 heteroatoms. The van der Waals surface area contributed by atoms with Gasteiger partial charge in [0.25, 0.3) is 0 Å². The predicted molar refractivity (Wildman–Crippen MR) is 121 cm³/mol. The average Bonchev–Trinajstić information content (AvgIpc) is 3.10. The molecular formula is C25H30N2O5. The molecule has 0 spiro atoms. The van der Waals surface area contributed by atoms with E-state index in [1.54, 1.807) is 20.8 Å². The summed E-state index contributed by atoms with van der Waals surface area (Å²) in [7, 11) is 0. The molecule has 0 saturated carbocycles. The number of carbonyl (C=O) groups is 3. The monoisotopic (exact) mass is 438 g/mol. The van der Waals surface area contributed by atoms with E-state index in [4.69, 9.17) is 9.84 Å². The van der Waals surface area contributed by atoms with Gasteiger partial charge in [0.2, 0.25) is 5.91 Å². The fourth-order valence-corrected chi connectivity index (χ4v) is 4.02. The molecule has 2 amide bonds. The number of amides is 2. The number of rotatable bonds is 9. The van der Waals surface area contributed by atoms with Gasteiger partial charge in [0.1, 0.15) is 12.1 Å². The van der Waals surface area contributed by atoms with E-state index in [-0.39, 0.29) is 18.9 Å². The van der Waals surface area contributed by atoms with Crippen molar-refractivity contribution >= 4 is 18.0 Å². The van der Waals surface area contributed by atoms with Crippen LogP contribution in [0.1, 0.15) is 57.1 Å². The van der Waals surface area contributed by atoms with Crippen molar-refractivity contribution in [3.63, 3.8) is 0 Å². The van der Waals surface area contributed by atoms with Gasteiger partial charge in [-0.15, -0.1) is 0 Å². The van der Waals surface area contributed by atoms with Crippen LogP contribution in [0.4, 0.5) is 4.79 Å². The van der Waals surface area contributed by atoms with Gasteiger partial charge in [-0.3, -0.25) is 9.59 Å². The Morgan fingerprint density at radius 3 is 2.09 bits per heavy atom. The van der Waals surface area contributed by atoms with Crippen LogP contribution in [-0.2, 0) is 14.3 Å². The van der Waals surface area contributed by atoms with E-state index in [0.29, 0.717) is 12.8 Å². The number of hydrogen-bond acceptors (Lipinski definition) is 4. The Hall–Kier alpha value is -3.35. The lowest BCUT2D eigenvalue weighted by Gasteiger charge is -2.30. The zero-order valence-corrected chi connectivity index (χ0v) is 18.7. The molecule has 0 heterocycles. The number of carbonyl (C=O) groups excluding carboxylic acids is 2. The largest absolute Gasteiger partial charge is 0.481 e. The normalized spacial score (nSPS) is 15.1. The van der Waals surface area contributed by atoms with Gasteiger partial charge in [-0.25, -0.2) is 4.79 Å². The Morgan fingerprint density at radius 1 is 1.03 bits per heavy atom. The van der Waals surface area contributed by atoms with Gasteiger partial charge >= 0.3 is 12.1 Å². The minimum atomic E-state index is -1.21. The fraction of sp³-hybridized carbons (Fsp3) is 0.400. The van der Waals surface area contributed by atoms with Crippen LogP contribution in [0, 0.1) is 0 Å². The van der Waals surface area contributed by atoms with Crippen LogP contribution >= 0.6 is 0 Å². The molecule has 1 aliphatic rings. The van der Waals surface area contributed by atoms with Gasteiger partial charge in [-0.05, 0) is 42.0 Å². The standard InChI is InChI=1S/C25H30N2O5/c1-4-16(14-22(28)29)26-23(30)25(3,5-2)27-24(31)32-15-21-19-12-8-6-10-17(19)18-11-7-9-13-20(18)21/h6-13,16,21H,4-5,14-15H2,1-3H3,(H,26,30)(H,27,31)(H,28,29)/t16-,25?/m0/s1. The average molecular weight is 439 g/mol. The molecule has 1 aliphatic carbocycles. The van der Waals surface area contributed by atoms with Crippen LogP contribution in [0.2, 0.25) is 0 Å². The molecule has 7 nitrogen and oxygen atoms in total. The van der Waals surface area contributed by atoms with Gasteiger partial charge in [0.15, 0.2) is 0 Å². The van der Waals surface area contributed by atoms with Gasteiger partial charge < -0.3 is 20.5 Å². The smallest absolute Gasteiger partial charge is 0.408 e. The molecule has 2 aromatic carbocycles. The van der Waals surface area contributed by atoms with Crippen molar-refractivity contribution in [1.82, 2.24) is 10.6 Å². The second-order valence-corrected chi connectivity index (χ2v) is 8.31. The van der Waals surface area contributed by atoms with Gasteiger partial charge in [0.05, 0.1) is 6.42 Å². The molecule has 0 aromatic heterocycles. The fourth-order valence-electron chi connectivity index (χ4n) is 4.02. The first kappa shape index (κ1) is 23.3. The van der Waals surface area contributed by atoms with Gasteiger partial charge in [-0.1, -0.05) is 62.4 Å². The van der Waals surface area contributed by atoms with E-state index in [1.807, 2.05) is 36.4 Å². The minimum Gasteiger partial charge on any atom is -0.481 e. The summed E-state index contributed by atoms with van der Waals surface area (Å²) in [5.41, 5.74) is 3.28. The van der Waals surface area contributed by atoms with Crippen molar-refractivity contribution in [3.8, 4) is 11.1 Å². The summed E-state index contributed by atoms with van der Waals surface area (Å²) in [5, 5.41) is 14.4. The molecule has 2 atom stereocenters. The molecule has 32 heavy (non-hydrogen) atoms. The maximum Gasteiger partial charge on any atom is 0.408 e. The maximum atomic E-state index is 12.8.